The lowest BCUT2D eigenvalue weighted by molar-refractivity contribution is 0.199. The number of hydrogen-bond acceptors (Lipinski definition) is 3. The zero-order valence-corrected chi connectivity index (χ0v) is 13.4. The van der Waals surface area contributed by atoms with Crippen LogP contribution in [0.3, 0.4) is 0 Å². The Morgan fingerprint density at radius 1 is 1.30 bits per heavy atom. The highest BCUT2D eigenvalue weighted by Gasteiger charge is 2.44. The van der Waals surface area contributed by atoms with E-state index < -0.39 is 0 Å². The van der Waals surface area contributed by atoms with Crippen LogP contribution in [0.5, 0.6) is 11.5 Å². The minimum Gasteiger partial charge on any atom is -0.493 e. The van der Waals surface area contributed by atoms with E-state index in [9.17, 15) is 0 Å². The van der Waals surface area contributed by atoms with Crippen molar-refractivity contribution >= 4 is 0 Å². The highest BCUT2D eigenvalue weighted by molar-refractivity contribution is 5.49. The number of ether oxygens (including phenoxy) is 2. The van der Waals surface area contributed by atoms with E-state index in [0.717, 1.165) is 29.9 Å². The molecule has 0 saturated heterocycles. The topological polar surface area (TPSA) is 67.2 Å². The Hall–Kier alpha value is -2.31. The van der Waals surface area contributed by atoms with Crippen LogP contribution in [0.1, 0.15) is 44.1 Å². The lowest BCUT2D eigenvalue weighted by atomic mass is 9.62. The van der Waals surface area contributed by atoms with Gasteiger partial charge < -0.3 is 9.47 Å². The first kappa shape index (κ1) is 15.6. The zero-order valence-electron chi connectivity index (χ0n) is 13.4. The van der Waals surface area contributed by atoms with Gasteiger partial charge in [-0.25, -0.2) is 0 Å². The fourth-order valence-electron chi connectivity index (χ4n) is 3.59. The number of hydrogen-bond donors (Lipinski definition) is 0. The lowest BCUT2D eigenvalue weighted by Gasteiger charge is -2.42. The first-order valence-corrected chi connectivity index (χ1v) is 8.08. The number of methoxy groups -OCH3 is 1. The predicted octanol–water partition coefficient (Wildman–Crippen LogP) is 4.36. The Balaban J connectivity index is 1.85. The molecule has 0 aromatic heterocycles. The van der Waals surface area contributed by atoms with Gasteiger partial charge in [-0.1, -0.05) is 17.1 Å². The van der Waals surface area contributed by atoms with Gasteiger partial charge in [-0.05, 0) is 61.8 Å². The van der Waals surface area contributed by atoms with Gasteiger partial charge in [0.25, 0.3) is 0 Å². The molecule has 2 fully saturated rings. The fraction of sp³-hybridized carbons (Fsp3) is 0.556. The summed E-state index contributed by atoms with van der Waals surface area (Å²) < 4.78 is 11.6. The van der Waals surface area contributed by atoms with Crippen LogP contribution < -0.4 is 9.47 Å². The minimum atomic E-state index is -0.362. The minimum absolute atomic E-state index is 0.0163. The number of terminal acetylenes is 1. The molecule has 0 heterocycles. The average molecular weight is 311 g/mol. The molecule has 0 radical (unpaired) electrons. The van der Waals surface area contributed by atoms with Crippen molar-refractivity contribution in [2.24, 2.45) is 5.11 Å². The van der Waals surface area contributed by atoms with Gasteiger partial charge in [-0.15, -0.1) is 6.42 Å². The van der Waals surface area contributed by atoms with Crippen molar-refractivity contribution in [3.05, 3.63) is 34.2 Å². The third-order valence-electron chi connectivity index (χ3n) is 4.97. The SMILES string of the molecule is C#CC1(c2ccc(OC)c(OC3CCCC3)c2)CC(N=[N+]=[N-])C1. The van der Waals surface area contributed by atoms with Crippen LogP contribution in [0.4, 0.5) is 0 Å². The van der Waals surface area contributed by atoms with Gasteiger partial charge in [0, 0.05) is 11.0 Å². The van der Waals surface area contributed by atoms with Gasteiger partial charge in [-0.3, -0.25) is 0 Å². The number of benzene rings is 1. The average Bonchev–Trinajstić information content (AvgIpc) is 3.03. The second kappa shape index (κ2) is 6.44. The number of rotatable bonds is 5. The quantitative estimate of drug-likeness (QED) is 0.351. The summed E-state index contributed by atoms with van der Waals surface area (Å²) in [6.07, 6.45) is 12.0. The van der Waals surface area contributed by atoms with E-state index in [1.807, 2.05) is 18.2 Å². The highest BCUT2D eigenvalue weighted by Crippen LogP contribution is 2.47. The Kier molecular flexibility index (Phi) is 4.36. The van der Waals surface area contributed by atoms with Crippen molar-refractivity contribution in [2.75, 3.05) is 7.11 Å². The van der Waals surface area contributed by atoms with Gasteiger partial charge in [0.1, 0.15) is 0 Å². The van der Waals surface area contributed by atoms with Crippen molar-refractivity contribution in [2.45, 2.75) is 56.1 Å². The molecule has 2 aliphatic rings. The maximum absolute atomic E-state index is 8.56. The molecule has 0 amide bonds. The van der Waals surface area contributed by atoms with Crippen LogP contribution >= 0.6 is 0 Å². The summed E-state index contributed by atoms with van der Waals surface area (Å²) in [4.78, 5) is 2.88. The molecule has 120 valence electrons. The summed E-state index contributed by atoms with van der Waals surface area (Å²) >= 11 is 0. The number of nitrogens with zero attached hydrogens (tertiary/aromatic N) is 3. The maximum Gasteiger partial charge on any atom is 0.161 e. The molecule has 0 bridgehead atoms. The van der Waals surface area contributed by atoms with Crippen molar-refractivity contribution in [1.29, 1.82) is 0 Å². The molecule has 0 spiro atoms. The first-order valence-electron chi connectivity index (χ1n) is 8.08. The molecule has 1 aromatic rings. The Bertz CT molecular complexity index is 661. The Morgan fingerprint density at radius 2 is 2.04 bits per heavy atom. The van der Waals surface area contributed by atoms with Crippen LogP contribution in [0.2, 0.25) is 0 Å². The van der Waals surface area contributed by atoms with E-state index in [4.69, 9.17) is 21.4 Å². The van der Waals surface area contributed by atoms with Crippen LogP contribution in [0.15, 0.2) is 23.3 Å². The largest absolute Gasteiger partial charge is 0.493 e. The van der Waals surface area contributed by atoms with Crippen LogP contribution in [0.25, 0.3) is 10.4 Å². The van der Waals surface area contributed by atoms with Crippen LogP contribution in [0, 0.1) is 12.3 Å². The summed E-state index contributed by atoms with van der Waals surface area (Å²) in [5, 5.41) is 3.77. The monoisotopic (exact) mass is 311 g/mol. The van der Waals surface area contributed by atoms with Gasteiger partial charge in [-0.2, -0.15) is 0 Å². The van der Waals surface area contributed by atoms with Crippen molar-refractivity contribution in [3.63, 3.8) is 0 Å². The summed E-state index contributed by atoms with van der Waals surface area (Å²) in [5.41, 5.74) is 9.23. The molecule has 2 saturated carbocycles. The number of azide groups is 1. The summed E-state index contributed by atoms with van der Waals surface area (Å²) in [6, 6.07) is 5.90. The molecule has 3 rings (SSSR count). The molecule has 5 nitrogen and oxygen atoms in total. The van der Waals surface area contributed by atoms with E-state index >= 15 is 0 Å². The van der Waals surface area contributed by atoms with Gasteiger partial charge in [0.2, 0.25) is 0 Å². The maximum atomic E-state index is 8.56. The van der Waals surface area contributed by atoms with Gasteiger partial charge in [0.05, 0.1) is 18.6 Å². The van der Waals surface area contributed by atoms with Gasteiger partial charge in [0.15, 0.2) is 11.5 Å². The molecular formula is C18H21N3O2. The second-order valence-corrected chi connectivity index (χ2v) is 6.38. The molecule has 0 aliphatic heterocycles. The molecule has 1 aromatic carbocycles. The fourth-order valence-corrected chi connectivity index (χ4v) is 3.59. The Labute approximate surface area is 136 Å². The van der Waals surface area contributed by atoms with E-state index in [1.54, 1.807) is 7.11 Å². The highest BCUT2D eigenvalue weighted by atomic mass is 16.5. The second-order valence-electron chi connectivity index (χ2n) is 6.38. The Morgan fingerprint density at radius 3 is 2.65 bits per heavy atom. The van der Waals surface area contributed by atoms with E-state index in [-0.39, 0.29) is 17.6 Å². The van der Waals surface area contributed by atoms with Gasteiger partial charge >= 0.3 is 0 Å². The van der Waals surface area contributed by atoms with E-state index in [2.05, 4.69) is 15.9 Å². The first-order chi connectivity index (χ1) is 11.2. The summed E-state index contributed by atoms with van der Waals surface area (Å²) in [7, 11) is 1.65. The van der Waals surface area contributed by atoms with Crippen LogP contribution in [-0.4, -0.2) is 19.3 Å². The van der Waals surface area contributed by atoms with Crippen LogP contribution in [-0.2, 0) is 5.41 Å². The van der Waals surface area contributed by atoms with Crippen molar-refractivity contribution < 1.29 is 9.47 Å². The summed E-state index contributed by atoms with van der Waals surface area (Å²) in [5.74, 6) is 4.40. The standard InChI is InChI=1S/C18H21N3O2/c1-3-18(11-14(12-18)20-21-19)13-8-9-16(22-2)17(10-13)23-15-6-4-5-7-15/h1,8-10,14-15H,4-7,11-12H2,2H3. The summed E-state index contributed by atoms with van der Waals surface area (Å²) in [6.45, 7) is 0. The molecule has 0 N–H and O–H groups in total. The molecular weight excluding hydrogens is 290 g/mol. The van der Waals surface area contributed by atoms with Crippen molar-refractivity contribution in [1.82, 2.24) is 0 Å². The predicted molar refractivity (Wildman–Crippen MR) is 88.6 cm³/mol. The smallest absolute Gasteiger partial charge is 0.161 e. The molecule has 2 aliphatic carbocycles. The lowest BCUT2D eigenvalue weighted by Crippen LogP contribution is -2.42. The normalized spacial score (nSPS) is 26.7. The van der Waals surface area contributed by atoms with E-state index in [0.29, 0.717) is 12.8 Å². The molecule has 5 heteroatoms. The van der Waals surface area contributed by atoms with Crippen molar-refractivity contribution in [3.8, 4) is 23.8 Å². The molecule has 23 heavy (non-hydrogen) atoms. The molecule has 0 unspecified atom stereocenters. The third-order valence-corrected chi connectivity index (χ3v) is 4.97. The zero-order chi connectivity index (χ0) is 16.3. The molecule has 0 atom stereocenters. The van der Waals surface area contributed by atoms with E-state index in [1.165, 1.54) is 12.8 Å². The third kappa shape index (κ3) is 2.95.